The van der Waals surface area contributed by atoms with E-state index in [-0.39, 0.29) is 0 Å². The van der Waals surface area contributed by atoms with Gasteiger partial charge in [-0.3, -0.25) is 4.79 Å². The summed E-state index contributed by atoms with van der Waals surface area (Å²) in [6, 6.07) is 5.72. The maximum atomic E-state index is 11.1. The number of carbonyl (C=O) groups is 1. The molecule has 0 saturated heterocycles. The van der Waals surface area contributed by atoms with Gasteiger partial charge >= 0.3 is 5.97 Å². The lowest BCUT2D eigenvalue weighted by molar-refractivity contribution is -0.146. The van der Waals surface area contributed by atoms with Crippen molar-refractivity contribution in [3.63, 3.8) is 0 Å². The molecule has 0 aliphatic carbocycles. The third-order valence-electron chi connectivity index (χ3n) is 2.83. The summed E-state index contributed by atoms with van der Waals surface area (Å²) in [6.45, 7) is 3.43. The van der Waals surface area contributed by atoms with Crippen molar-refractivity contribution in [3.8, 4) is 0 Å². The number of furan rings is 1. The van der Waals surface area contributed by atoms with Crippen LogP contribution in [-0.2, 0) is 11.2 Å². The normalized spacial score (nSPS) is 11.9. The van der Waals surface area contributed by atoms with Crippen molar-refractivity contribution in [2.24, 2.45) is 5.41 Å². The molecule has 0 bridgehead atoms. The van der Waals surface area contributed by atoms with Crippen molar-refractivity contribution in [1.29, 1.82) is 0 Å². The molecule has 90 valence electrons. The van der Waals surface area contributed by atoms with Crippen LogP contribution in [0.5, 0.6) is 0 Å². The first kappa shape index (κ1) is 12.2. The first-order chi connectivity index (χ1) is 7.90. The lowest BCUT2D eigenvalue weighted by Gasteiger charge is -2.17. The van der Waals surface area contributed by atoms with Crippen LogP contribution in [0.25, 0.3) is 11.0 Å². The minimum atomic E-state index is -0.804. The molecule has 0 aliphatic rings. The fraction of sp³-hybridized carbons (Fsp3) is 0.308. The molecule has 0 amide bonds. The number of hydrogen-bond donors (Lipinski definition) is 1. The van der Waals surface area contributed by atoms with Gasteiger partial charge in [-0.05, 0) is 44.0 Å². The second kappa shape index (κ2) is 4.18. The van der Waals surface area contributed by atoms with E-state index in [4.69, 9.17) is 9.52 Å². The largest absolute Gasteiger partial charge is 0.481 e. The number of fused-ring (bicyclic) bond motifs is 1. The summed E-state index contributed by atoms with van der Waals surface area (Å²) in [5.41, 5.74) is 0.914. The molecule has 4 heteroatoms. The van der Waals surface area contributed by atoms with E-state index in [9.17, 15) is 4.79 Å². The molecule has 0 saturated carbocycles. The van der Waals surface area contributed by atoms with Crippen LogP contribution >= 0.6 is 15.9 Å². The van der Waals surface area contributed by atoms with Crippen molar-refractivity contribution in [3.05, 3.63) is 34.5 Å². The second-order valence-corrected chi connectivity index (χ2v) is 5.68. The van der Waals surface area contributed by atoms with Gasteiger partial charge in [-0.15, -0.1) is 0 Å². The molecular weight excluding hydrogens is 284 g/mol. The molecule has 1 aromatic heterocycles. The van der Waals surface area contributed by atoms with Gasteiger partial charge in [0.1, 0.15) is 5.58 Å². The molecule has 3 nitrogen and oxygen atoms in total. The Morgan fingerprint density at radius 2 is 2.18 bits per heavy atom. The van der Waals surface area contributed by atoms with Crippen molar-refractivity contribution >= 4 is 32.9 Å². The Balaban J connectivity index is 2.43. The summed E-state index contributed by atoms with van der Waals surface area (Å²) >= 11 is 3.40. The lowest BCUT2D eigenvalue weighted by atomic mass is 9.86. The Hall–Kier alpha value is -1.29. The van der Waals surface area contributed by atoms with Gasteiger partial charge in [-0.2, -0.15) is 0 Å². The Morgan fingerprint density at radius 3 is 2.82 bits per heavy atom. The van der Waals surface area contributed by atoms with Gasteiger partial charge in [0.2, 0.25) is 0 Å². The zero-order valence-electron chi connectivity index (χ0n) is 9.66. The molecule has 17 heavy (non-hydrogen) atoms. The Kier molecular flexibility index (Phi) is 3.00. The van der Waals surface area contributed by atoms with Gasteiger partial charge in [-0.1, -0.05) is 15.9 Å². The van der Waals surface area contributed by atoms with E-state index in [0.717, 1.165) is 21.0 Å². The summed E-state index contributed by atoms with van der Waals surface area (Å²) in [4.78, 5) is 11.1. The molecule has 2 rings (SSSR count). The van der Waals surface area contributed by atoms with E-state index in [1.807, 2.05) is 18.2 Å². The topological polar surface area (TPSA) is 50.4 Å². The summed E-state index contributed by atoms with van der Waals surface area (Å²) in [5.74, 6) is -0.804. The highest BCUT2D eigenvalue weighted by Gasteiger charge is 2.28. The highest BCUT2D eigenvalue weighted by Crippen LogP contribution is 2.30. The Bertz CT molecular complexity index is 569. The van der Waals surface area contributed by atoms with E-state index in [1.165, 1.54) is 0 Å². The van der Waals surface area contributed by atoms with E-state index in [2.05, 4.69) is 15.9 Å². The molecular formula is C13H13BrO3. The Morgan fingerprint density at radius 1 is 1.47 bits per heavy atom. The number of rotatable bonds is 3. The maximum absolute atomic E-state index is 11.1. The molecule has 0 atom stereocenters. The third-order valence-corrected chi connectivity index (χ3v) is 3.32. The second-order valence-electron chi connectivity index (χ2n) is 4.77. The molecule has 1 N–H and O–H groups in total. The van der Waals surface area contributed by atoms with Gasteiger partial charge in [0.15, 0.2) is 0 Å². The molecule has 1 aromatic carbocycles. The molecule has 1 heterocycles. The number of benzene rings is 1. The highest BCUT2D eigenvalue weighted by atomic mass is 79.9. The van der Waals surface area contributed by atoms with E-state index in [1.54, 1.807) is 20.1 Å². The van der Waals surface area contributed by atoms with Crippen LogP contribution in [0.4, 0.5) is 0 Å². The van der Waals surface area contributed by atoms with E-state index < -0.39 is 11.4 Å². The molecule has 0 fully saturated rings. The van der Waals surface area contributed by atoms with Crippen LogP contribution in [0.3, 0.4) is 0 Å². The SMILES string of the molecule is CC(C)(Cc1coc2ccc(Br)cc12)C(=O)O. The van der Waals surface area contributed by atoms with Crippen molar-refractivity contribution in [2.75, 3.05) is 0 Å². The summed E-state index contributed by atoms with van der Waals surface area (Å²) in [6.07, 6.45) is 2.09. The maximum Gasteiger partial charge on any atom is 0.309 e. The molecule has 0 unspecified atom stereocenters. The first-order valence-corrected chi connectivity index (χ1v) is 6.08. The number of hydrogen-bond acceptors (Lipinski definition) is 2. The lowest BCUT2D eigenvalue weighted by Crippen LogP contribution is -2.26. The van der Waals surface area contributed by atoms with Crippen LogP contribution in [0, 0.1) is 5.41 Å². The standard InChI is InChI=1S/C13H13BrO3/c1-13(2,12(15)16)6-8-7-17-11-4-3-9(14)5-10(8)11/h3-5,7H,6H2,1-2H3,(H,15,16). The zero-order valence-corrected chi connectivity index (χ0v) is 11.2. The van der Waals surface area contributed by atoms with Gasteiger partial charge in [-0.25, -0.2) is 0 Å². The van der Waals surface area contributed by atoms with Crippen molar-refractivity contribution in [2.45, 2.75) is 20.3 Å². The number of aliphatic carboxylic acids is 1. The minimum absolute atomic E-state index is 0.450. The van der Waals surface area contributed by atoms with Gasteiger partial charge in [0.05, 0.1) is 11.7 Å². The smallest absolute Gasteiger partial charge is 0.309 e. The first-order valence-electron chi connectivity index (χ1n) is 5.29. The van der Waals surface area contributed by atoms with E-state index in [0.29, 0.717) is 6.42 Å². The fourth-order valence-corrected chi connectivity index (χ4v) is 2.10. The fourth-order valence-electron chi connectivity index (χ4n) is 1.74. The number of carboxylic acid groups (broad SMARTS) is 1. The quantitative estimate of drug-likeness (QED) is 0.936. The Labute approximate surface area is 108 Å². The van der Waals surface area contributed by atoms with Crippen molar-refractivity contribution in [1.82, 2.24) is 0 Å². The predicted molar refractivity (Wildman–Crippen MR) is 69.0 cm³/mol. The van der Waals surface area contributed by atoms with Crippen LogP contribution in [-0.4, -0.2) is 11.1 Å². The average Bonchev–Trinajstić information content (AvgIpc) is 2.60. The van der Waals surface area contributed by atoms with Crippen LogP contribution < -0.4 is 0 Å². The summed E-state index contributed by atoms with van der Waals surface area (Å²) < 4.78 is 6.37. The molecule has 0 spiro atoms. The summed E-state index contributed by atoms with van der Waals surface area (Å²) in [7, 11) is 0. The minimum Gasteiger partial charge on any atom is -0.481 e. The summed E-state index contributed by atoms with van der Waals surface area (Å²) in [5, 5.41) is 10.1. The van der Waals surface area contributed by atoms with Crippen LogP contribution in [0.15, 0.2) is 33.4 Å². The number of carboxylic acids is 1. The predicted octanol–water partition coefficient (Wildman–Crippen LogP) is 3.85. The van der Waals surface area contributed by atoms with Crippen LogP contribution in [0.2, 0.25) is 0 Å². The monoisotopic (exact) mass is 296 g/mol. The molecule has 2 aromatic rings. The van der Waals surface area contributed by atoms with Gasteiger partial charge in [0.25, 0.3) is 0 Å². The van der Waals surface area contributed by atoms with Crippen LogP contribution in [0.1, 0.15) is 19.4 Å². The number of halogens is 1. The highest BCUT2D eigenvalue weighted by molar-refractivity contribution is 9.10. The molecule has 0 aliphatic heterocycles. The van der Waals surface area contributed by atoms with Gasteiger partial charge in [0, 0.05) is 9.86 Å². The zero-order chi connectivity index (χ0) is 12.6. The third kappa shape index (κ3) is 2.36. The molecule has 0 radical (unpaired) electrons. The average molecular weight is 297 g/mol. The van der Waals surface area contributed by atoms with E-state index >= 15 is 0 Å². The van der Waals surface area contributed by atoms with Crippen molar-refractivity contribution < 1.29 is 14.3 Å². The van der Waals surface area contributed by atoms with Gasteiger partial charge < -0.3 is 9.52 Å².